The second kappa shape index (κ2) is 3.73. The Balaban J connectivity index is 2.10. The zero-order valence-corrected chi connectivity index (χ0v) is 8.21. The summed E-state index contributed by atoms with van der Waals surface area (Å²) in [5.74, 6) is 0. The van der Waals surface area contributed by atoms with Crippen molar-refractivity contribution in [3.63, 3.8) is 0 Å². The Morgan fingerprint density at radius 1 is 1.50 bits per heavy atom. The van der Waals surface area contributed by atoms with Crippen molar-refractivity contribution in [3.8, 4) is 0 Å². The number of likely N-dealkylation sites (tertiary alicyclic amines) is 1. The predicted molar refractivity (Wildman–Crippen MR) is 48.2 cm³/mol. The van der Waals surface area contributed by atoms with Crippen molar-refractivity contribution in [1.29, 1.82) is 0 Å². The van der Waals surface area contributed by atoms with E-state index in [2.05, 4.69) is 18.7 Å². The SMILES string of the molecule is COC(C)(C)CCN1CC(O)C1. The van der Waals surface area contributed by atoms with Gasteiger partial charge in [0.15, 0.2) is 0 Å². The summed E-state index contributed by atoms with van der Waals surface area (Å²) in [6.07, 6.45) is 0.937. The first kappa shape index (κ1) is 9.96. The lowest BCUT2D eigenvalue weighted by Gasteiger charge is -2.37. The third-order valence-corrected chi connectivity index (χ3v) is 2.52. The lowest BCUT2D eigenvalue weighted by atomic mass is 10.0. The molecule has 1 aliphatic heterocycles. The van der Waals surface area contributed by atoms with Crippen LogP contribution in [0.1, 0.15) is 20.3 Å². The Kier molecular flexibility index (Phi) is 3.09. The number of β-amino-alcohol motifs (C(OH)–C–C–N with tert-alkyl or cyclic N) is 1. The zero-order valence-electron chi connectivity index (χ0n) is 8.21. The minimum absolute atomic E-state index is 0.0272. The standard InChI is InChI=1S/C9H19NO2/c1-9(2,12-3)4-5-10-6-8(11)7-10/h8,11H,4-7H2,1-3H3. The molecule has 1 N–H and O–H groups in total. The van der Waals surface area contributed by atoms with Crippen molar-refractivity contribution < 1.29 is 9.84 Å². The molecule has 0 aromatic carbocycles. The van der Waals surface area contributed by atoms with Gasteiger partial charge in [-0.05, 0) is 20.3 Å². The highest BCUT2D eigenvalue weighted by Gasteiger charge is 2.26. The quantitative estimate of drug-likeness (QED) is 0.671. The maximum Gasteiger partial charge on any atom is 0.0793 e. The molecular formula is C9H19NO2. The lowest BCUT2D eigenvalue weighted by molar-refractivity contribution is -0.0300. The van der Waals surface area contributed by atoms with E-state index in [4.69, 9.17) is 9.84 Å². The fraction of sp³-hybridized carbons (Fsp3) is 1.00. The molecule has 0 unspecified atom stereocenters. The molecule has 0 radical (unpaired) electrons. The fourth-order valence-electron chi connectivity index (χ4n) is 1.25. The molecular weight excluding hydrogens is 154 g/mol. The number of nitrogens with zero attached hydrogens (tertiary/aromatic N) is 1. The number of hydrogen-bond acceptors (Lipinski definition) is 3. The van der Waals surface area contributed by atoms with E-state index in [1.807, 2.05) is 0 Å². The zero-order chi connectivity index (χ0) is 9.19. The number of aliphatic hydroxyl groups excluding tert-OH is 1. The van der Waals surface area contributed by atoms with Crippen LogP contribution in [0.3, 0.4) is 0 Å². The largest absolute Gasteiger partial charge is 0.390 e. The maximum atomic E-state index is 9.03. The van der Waals surface area contributed by atoms with Crippen molar-refractivity contribution in [2.45, 2.75) is 32.0 Å². The number of rotatable bonds is 4. The van der Waals surface area contributed by atoms with Gasteiger partial charge in [0.1, 0.15) is 0 Å². The summed E-state index contributed by atoms with van der Waals surface area (Å²) in [4.78, 5) is 2.24. The molecule has 1 rings (SSSR count). The van der Waals surface area contributed by atoms with E-state index in [1.165, 1.54) is 0 Å². The summed E-state index contributed by atoms with van der Waals surface area (Å²) >= 11 is 0. The van der Waals surface area contributed by atoms with E-state index < -0.39 is 0 Å². The van der Waals surface area contributed by atoms with Gasteiger partial charge in [0.2, 0.25) is 0 Å². The highest BCUT2D eigenvalue weighted by molar-refractivity contribution is 4.80. The first-order valence-electron chi connectivity index (χ1n) is 4.49. The molecule has 72 valence electrons. The molecule has 0 atom stereocenters. The van der Waals surface area contributed by atoms with E-state index in [0.717, 1.165) is 26.1 Å². The van der Waals surface area contributed by atoms with Gasteiger partial charge in [0.05, 0.1) is 11.7 Å². The summed E-state index contributed by atoms with van der Waals surface area (Å²) in [5.41, 5.74) is -0.0272. The highest BCUT2D eigenvalue weighted by Crippen LogP contribution is 2.16. The third-order valence-electron chi connectivity index (χ3n) is 2.52. The number of methoxy groups -OCH3 is 1. The van der Waals surface area contributed by atoms with E-state index in [9.17, 15) is 0 Å². The predicted octanol–water partition coefficient (Wildman–Crippen LogP) is 0.478. The van der Waals surface area contributed by atoms with Crippen molar-refractivity contribution in [2.24, 2.45) is 0 Å². The molecule has 0 aromatic rings. The average molecular weight is 173 g/mol. The van der Waals surface area contributed by atoms with E-state index in [0.29, 0.717) is 0 Å². The molecule has 3 heteroatoms. The topological polar surface area (TPSA) is 32.7 Å². The molecule has 0 spiro atoms. The first-order chi connectivity index (χ1) is 5.53. The van der Waals surface area contributed by atoms with E-state index >= 15 is 0 Å². The maximum absolute atomic E-state index is 9.03. The number of aliphatic hydroxyl groups is 1. The van der Waals surface area contributed by atoms with Gasteiger partial charge >= 0.3 is 0 Å². The van der Waals surface area contributed by atoms with Crippen LogP contribution in [0.25, 0.3) is 0 Å². The molecule has 12 heavy (non-hydrogen) atoms. The lowest BCUT2D eigenvalue weighted by Crippen LogP contribution is -2.51. The third kappa shape index (κ3) is 2.73. The van der Waals surface area contributed by atoms with Gasteiger partial charge < -0.3 is 9.84 Å². The highest BCUT2D eigenvalue weighted by atomic mass is 16.5. The van der Waals surface area contributed by atoms with Gasteiger partial charge in [-0.1, -0.05) is 0 Å². The molecule has 1 heterocycles. The van der Waals surface area contributed by atoms with Gasteiger partial charge in [-0.15, -0.1) is 0 Å². The van der Waals surface area contributed by atoms with Crippen LogP contribution in [-0.4, -0.2) is 48.5 Å². The number of ether oxygens (including phenoxy) is 1. The summed E-state index contributed by atoms with van der Waals surface area (Å²) in [5, 5.41) is 9.03. The van der Waals surface area contributed by atoms with Gasteiger partial charge in [0.25, 0.3) is 0 Å². The summed E-state index contributed by atoms with van der Waals surface area (Å²) in [6, 6.07) is 0. The molecule has 0 bridgehead atoms. The van der Waals surface area contributed by atoms with Gasteiger partial charge in [-0.25, -0.2) is 0 Å². The Labute approximate surface area is 74.3 Å². The van der Waals surface area contributed by atoms with E-state index in [1.54, 1.807) is 7.11 Å². The van der Waals surface area contributed by atoms with Crippen molar-refractivity contribution in [1.82, 2.24) is 4.90 Å². The number of hydrogen-bond donors (Lipinski definition) is 1. The molecule has 0 amide bonds. The first-order valence-corrected chi connectivity index (χ1v) is 4.49. The molecule has 0 saturated carbocycles. The van der Waals surface area contributed by atoms with Crippen molar-refractivity contribution in [2.75, 3.05) is 26.7 Å². The minimum atomic E-state index is -0.0874. The van der Waals surface area contributed by atoms with Crippen LogP contribution in [0, 0.1) is 0 Å². The Hall–Kier alpha value is -0.120. The van der Waals surface area contributed by atoms with Crippen LogP contribution in [-0.2, 0) is 4.74 Å². The minimum Gasteiger partial charge on any atom is -0.390 e. The van der Waals surface area contributed by atoms with Crippen LogP contribution in [0.5, 0.6) is 0 Å². The average Bonchev–Trinajstić information content (AvgIpc) is 1.96. The second-order valence-corrected chi connectivity index (χ2v) is 4.13. The van der Waals surface area contributed by atoms with Crippen LogP contribution in [0.4, 0.5) is 0 Å². The van der Waals surface area contributed by atoms with Gasteiger partial charge in [-0.2, -0.15) is 0 Å². The smallest absolute Gasteiger partial charge is 0.0793 e. The summed E-state index contributed by atoms with van der Waals surface area (Å²) in [6.45, 7) is 6.86. The van der Waals surface area contributed by atoms with Crippen molar-refractivity contribution >= 4 is 0 Å². The molecule has 0 aliphatic carbocycles. The normalized spacial score (nSPS) is 21.0. The fourth-order valence-corrected chi connectivity index (χ4v) is 1.25. The molecule has 1 saturated heterocycles. The van der Waals surface area contributed by atoms with E-state index in [-0.39, 0.29) is 11.7 Å². The van der Waals surface area contributed by atoms with Crippen LogP contribution < -0.4 is 0 Å². The van der Waals surface area contributed by atoms with Crippen LogP contribution in [0.15, 0.2) is 0 Å². The van der Waals surface area contributed by atoms with Crippen LogP contribution in [0.2, 0.25) is 0 Å². The monoisotopic (exact) mass is 173 g/mol. The molecule has 1 aliphatic rings. The summed E-state index contributed by atoms with van der Waals surface area (Å²) in [7, 11) is 1.74. The van der Waals surface area contributed by atoms with Gasteiger partial charge in [0, 0.05) is 26.7 Å². The van der Waals surface area contributed by atoms with Crippen molar-refractivity contribution in [3.05, 3.63) is 0 Å². The second-order valence-electron chi connectivity index (χ2n) is 4.13. The van der Waals surface area contributed by atoms with Gasteiger partial charge in [-0.3, -0.25) is 4.90 Å². The Morgan fingerprint density at radius 2 is 2.08 bits per heavy atom. The molecule has 0 aromatic heterocycles. The summed E-state index contributed by atoms with van der Waals surface area (Å²) < 4.78 is 5.29. The molecule has 3 nitrogen and oxygen atoms in total. The Bertz CT molecular complexity index is 141. The Morgan fingerprint density at radius 3 is 2.50 bits per heavy atom. The molecule has 1 fully saturated rings. The van der Waals surface area contributed by atoms with Crippen LogP contribution >= 0.6 is 0 Å².